The molecular weight excluding hydrogens is 356 g/mol. The van der Waals surface area contributed by atoms with Gasteiger partial charge in [0.05, 0.1) is 6.33 Å². The largest absolute Gasteiger partial charge is 0.412 e. The Kier molecular flexibility index (Phi) is 7.02. The highest BCUT2D eigenvalue weighted by Gasteiger charge is 2.47. The Labute approximate surface area is 155 Å². The summed E-state index contributed by atoms with van der Waals surface area (Å²) in [6, 6.07) is 0. The van der Waals surface area contributed by atoms with Crippen molar-refractivity contribution in [3.8, 4) is 0 Å². The maximum atomic E-state index is 12.3. The van der Waals surface area contributed by atoms with E-state index in [1.807, 2.05) is 0 Å². The standard InChI is InChI=1S/C16H24N6O4.H2O/c1-2-3-4-5-6-18-15(25)12-10(23)11(24)16(26-12)22-8-21-9-13(17)19-7-20-14(9)22;/h7-8,10-12,16,23-24H,2-6H2,1H3,(H,18,25)(H2,17,19,20);1H2/t10-,11+,12-,16?;/m0./s1. The predicted molar refractivity (Wildman–Crippen MR) is 96.4 cm³/mol. The average Bonchev–Trinajstić information content (AvgIpc) is 3.18. The van der Waals surface area contributed by atoms with Crippen LogP contribution < -0.4 is 11.1 Å². The lowest BCUT2D eigenvalue weighted by molar-refractivity contribution is -0.137. The number of aliphatic hydroxyl groups excluding tert-OH is 2. The lowest BCUT2D eigenvalue weighted by Crippen LogP contribution is -2.43. The number of hydrogen-bond acceptors (Lipinski definition) is 8. The monoisotopic (exact) mass is 382 g/mol. The number of nitrogens with zero attached hydrogens (tertiary/aromatic N) is 4. The molecule has 0 bridgehead atoms. The van der Waals surface area contributed by atoms with Crippen LogP contribution in [-0.4, -0.2) is 66.0 Å². The van der Waals surface area contributed by atoms with Crippen LogP contribution in [0.15, 0.2) is 12.7 Å². The molecule has 27 heavy (non-hydrogen) atoms. The SMILES string of the molecule is CCCCCCNC(=O)[C@H]1OC(n2cnc3c(N)ncnc32)[C@H](O)[C@@H]1O.O. The molecule has 0 radical (unpaired) electrons. The summed E-state index contributed by atoms with van der Waals surface area (Å²) in [5.74, 6) is -0.253. The number of fused-ring (bicyclic) bond motifs is 1. The highest BCUT2D eigenvalue weighted by Crippen LogP contribution is 2.32. The van der Waals surface area contributed by atoms with Gasteiger partial charge in [0.25, 0.3) is 5.91 Å². The molecule has 1 aliphatic rings. The molecule has 0 aliphatic carbocycles. The van der Waals surface area contributed by atoms with Gasteiger partial charge in [-0.1, -0.05) is 26.2 Å². The molecule has 1 fully saturated rings. The van der Waals surface area contributed by atoms with Crippen LogP contribution in [0.4, 0.5) is 5.82 Å². The molecule has 2 aromatic heterocycles. The van der Waals surface area contributed by atoms with Crippen molar-refractivity contribution in [3.63, 3.8) is 0 Å². The third-order valence-corrected chi connectivity index (χ3v) is 4.49. The van der Waals surface area contributed by atoms with Gasteiger partial charge in [-0.3, -0.25) is 9.36 Å². The van der Waals surface area contributed by atoms with E-state index in [1.165, 1.54) is 17.2 Å². The van der Waals surface area contributed by atoms with Crippen LogP contribution in [0.3, 0.4) is 0 Å². The molecule has 1 amide bonds. The van der Waals surface area contributed by atoms with E-state index in [0.29, 0.717) is 17.7 Å². The lowest BCUT2D eigenvalue weighted by Gasteiger charge is -2.16. The molecule has 0 saturated carbocycles. The van der Waals surface area contributed by atoms with Crippen LogP contribution >= 0.6 is 0 Å². The normalized spacial score (nSPS) is 24.7. The van der Waals surface area contributed by atoms with Gasteiger partial charge in [-0.25, -0.2) is 15.0 Å². The Morgan fingerprint density at radius 3 is 2.78 bits per heavy atom. The van der Waals surface area contributed by atoms with Gasteiger partial charge in [-0.2, -0.15) is 0 Å². The number of rotatable bonds is 7. The van der Waals surface area contributed by atoms with Crippen molar-refractivity contribution in [2.24, 2.45) is 0 Å². The summed E-state index contributed by atoms with van der Waals surface area (Å²) in [7, 11) is 0. The van der Waals surface area contributed by atoms with Crippen molar-refractivity contribution in [3.05, 3.63) is 12.7 Å². The van der Waals surface area contributed by atoms with Crippen molar-refractivity contribution < 1.29 is 25.2 Å². The number of aromatic nitrogens is 4. The first-order valence-electron chi connectivity index (χ1n) is 8.77. The molecule has 11 nitrogen and oxygen atoms in total. The van der Waals surface area contributed by atoms with E-state index in [9.17, 15) is 15.0 Å². The molecular formula is C16H26N6O5. The number of aliphatic hydroxyl groups is 2. The fraction of sp³-hybridized carbons (Fsp3) is 0.625. The van der Waals surface area contributed by atoms with Crippen molar-refractivity contribution in [2.75, 3.05) is 12.3 Å². The van der Waals surface area contributed by atoms with Crippen molar-refractivity contribution >= 4 is 22.9 Å². The van der Waals surface area contributed by atoms with Gasteiger partial charge in [0.1, 0.15) is 24.1 Å². The first-order valence-corrected chi connectivity index (χ1v) is 8.77. The van der Waals surface area contributed by atoms with E-state index < -0.39 is 30.4 Å². The summed E-state index contributed by atoms with van der Waals surface area (Å²) in [5.41, 5.74) is 6.47. The van der Waals surface area contributed by atoms with Gasteiger partial charge in [0.15, 0.2) is 23.8 Å². The fourth-order valence-corrected chi connectivity index (χ4v) is 3.03. The second-order valence-electron chi connectivity index (χ2n) is 6.36. The van der Waals surface area contributed by atoms with E-state index in [-0.39, 0.29) is 11.3 Å². The number of unbranched alkanes of at least 4 members (excludes halogenated alkanes) is 3. The van der Waals surface area contributed by atoms with E-state index in [4.69, 9.17) is 10.5 Å². The van der Waals surface area contributed by atoms with Gasteiger partial charge in [-0.05, 0) is 6.42 Å². The first-order chi connectivity index (χ1) is 12.5. The van der Waals surface area contributed by atoms with E-state index in [1.54, 1.807) is 0 Å². The Morgan fingerprint density at radius 2 is 2.04 bits per heavy atom. The molecule has 3 heterocycles. The minimum Gasteiger partial charge on any atom is -0.412 e. The molecule has 11 heteroatoms. The van der Waals surface area contributed by atoms with Crippen LogP contribution in [0.2, 0.25) is 0 Å². The smallest absolute Gasteiger partial charge is 0.252 e. The third-order valence-electron chi connectivity index (χ3n) is 4.49. The van der Waals surface area contributed by atoms with E-state index >= 15 is 0 Å². The molecule has 1 saturated heterocycles. The zero-order valence-corrected chi connectivity index (χ0v) is 15.1. The molecule has 150 valence electrons. The van der Waals surface area contributed by atoms with Crippen molar-refractivity contribution in [1.29, 1.82) is 0 Å². The zero-order valence-electron chi connectivity index (χ0n) is 15.1. The Balaban J connectivity index is 0.00000261. The summed E-state index contributed by atoms with van der Waals surface area (Å²) < 4.78 is 7.07. The fourth-order valence-electron chi connectivity index (χ4n) is 3.03. The quantitative estimate of drug-likeness (QED) is 0.435. The minimum absolute atomic E-state index is 0. The molecule has 7 N–H and O–H groups in total. The third kappa shape index (κ3) is 4.16. The number of nitrogens with two attached hydrogens (primary N) is 1. The molecule has 0 spiro atoms. The summed E-state index contributed by atoms with van der Waals surface area (Å²) >= 11 is 0. The number of hydrogen-bond donors (Lipinski definition) is 4. The summed E-state index contributed by atoms with van der Waals surface area (Å²) in [6.07, 6.45) is 1.94. The predicted octanol–water partition coefficient (Wildman–Crippen LogP) is -1.10. The zero-order chi connectivity index (χ0) is 18.7. The number of nitrogen functional groups attached to an aromatic ring is 1. The summed E-state index contributed by atoms with van der Waals surface area (Å²) in [4.78, 5) is 24.3. The Hall–Kier alpha value is -2.34. The second-order valence-corrected chi connectivity index (χ2v) is 6.36. The summed E-state index contributed by atoms with van der Waals surface area (Å²) in [6.45, 7) is 2.62. The van der Waals surface area contributed by atoms with Gasteiger partial charge < -0.3 is 31.5 Å². The highest BCUT2D eigenvalue weighted by molar-refractivity contribution is 5.82. The number of carbonyl (C=O) groups excluding carboxylic acids is 1. The molecule has 0 aromatic carbocycles. The maximum Gasteiger partial charge on any atom is 0.252 e. The average molecular weight is 382 g/mol. The number of ether oxygens (including phenoxy) is 1. The number of nitrogens with one attached hydrogen (secondary N) is 1. The van der Waals surface area contributed by atoms with Crippen LogP contribution in [0.1, 0.15) is 38.8 Å². The van der Waals surface area contributed by atoms with Crippen LogP contribution in [0, 0.1) is 0 Å². The molecule has 2 aromatic rings. The van der Waals surface area contributed by atoms with Crippen LogP contribution in [-0.2, 0) is 9.53 Å². The van der Waals surface area contributed by atoms with Crippen LogP contribution in [0.5, 0.6) is 0 Å². The van der Waals surface area contributed by atoms with Crippen LogP contribution in [0.25, 0.3) is 11.2 Å². The van der Waals surface area contributed by atoms with Gasteiger partial charge >= 0.3 is 0 Å². The first kappa shape index (κ1) is 21.0. The highest BCUT2D eigenvalue weighted by atomic mass is 16.6. The van der Waals surface area contributed by atoms with Gasteiger partial charge in [0, 0.05) is 6.54 Å². The molecule has 1 unspecified atom stereocenters. The lowest BCUT2D eigenvalue weighted by atomic mass is 10.1. The number of imidazole rings is 1. The number of amides is 1. The second kappa shape index (κ2) is 9.04. The minimum atomic E-state index is -1.35. The molecule has 3 rings (SSSR count). The topological polar surface area (TPSA) is 180 Å². The summed E-state index contributed by atoms with van der Waals surface area (Å²) in [5, 5.41) is 23.3. The number of anilines is 1. The number of carbonyl (C=O) groups is 1. The Morgan fingerprint density at radius 1 is 1.26 bits per heavy atom. The van der Waals surface area contributed by atoms with Crippen molar-refractivity contribution in [2.45, 2.75) is 57.1 Å². The molecule has 4 atom stereocenters. The van der Waals surface area contributed by atoms with E-state index in [2.05, 4.69) is 27.2 Å². The Bertz CT molecular complexity index is 769. The van der Waals surface area contributed by atoms with Crippen molar-refractivity contribution in [1.82, 2.24) is 24.8 Å². The van der Waals surface area contributed by atoms with Gasteiger partial charge in [0.2, 0.25) is 0 Å². The van der Waals surface area contributed by atoms with E-state index in [0.717, 1.165) is 25.7 Å². The maximum absolute atomic E-state index is 12.3. The molecule has 1 aliphatic heterocycles. The van der Waals surface area contributed by atoms with Gasteiger partial charge in [-0.15, -0.1) is 0 Å².